The third kappa shape index (κ3) is 3.67. The third-order valence-electron chi connectivity index (χ3n) is 2.91. The highest BCUT2D eigenvalue weighted by Crippen LogP contribution is 2.28. The lowest BCUT2D eigenvalue weighted by atomic mass is 10.2. The molecule has 2 rings (SSSR count). The molecule has 2 aromatic carbocycles. The second kappa shape index (κ2) is 7.20. The standard InChI is InChI=1S/C16H17BrO3/c1-18-15-7-6-13(9-16(15)19-2)11-20-14-5-3-4-12(8-14)10-17/h3-9H,10-11H2,1-2H3. The number of rotatable bonds is 6. The Labute approximate surface area is 127 Å². The molecule has 0 aliphatic carbocycles. The lowest BCUT2D eigenvalue weighted by molar-refractivity contribution is 0.303. The van der Waals surface area contributed by atoms with Gasteiger partial charge in [0.2, 0.25) is 0 Å². The molecule has 0 saturated carbocycles. The molecule has 0 aliphatic rings. The van der Waals surface area contributed by atoms with Gasteiger partial charge in [-0.15, -0.1) is 0 Å². The minimum Gasteiger partial charge on any atom is -0.493 e. The second-order valence-corrected chi connectivity index (χ2v) is 4.82. The zero-order chi connectivity index (χ0) is 14.4. The van der Waals surface area contributed by atoms with Crippen LogP contribution in [0.2, 0.25) is 0 Å². The molecule has 0 unspecified atom stereocenters. The number of halogens is 1. The van der Waals surface area contributed by atoms with Crippen molar-refractivity contribution in [2.24, 2.45) is 0 Å². The summed E-state index contributed by atoms with van der Waals surface area (Å²) in [5, 5.41) is 0.820. The normalized spacial score (nSPS) is 10.2. The minimum absolute atomic E-state index is 0.492. The summed E-state index contributed by atoms with van der Waals surface area (Å²) in [7, 11) is 3.25. The van der Waals surface area contributed by atoms with Crippen LogP contribution in [0.4, 0.5) is 0 Å². The van der Waals surface area contributed by atoms with Crippen LogP contribution in [0.1, 0.15) is 11.1 Å². The van der Waals surface area contributed by atoms with E-state index in [9.17, 15) is 0 Å². The zero-order valence-corrected chi connectivity index (χ0v) is 13.1. The molecule has 3 nitrogen and oxygen atoms in total. The van der Waals surface area contributed by atoms with Gasteiger partial charge in [-0.1, -0.05) is 34.1 Å². The molecule has 0 atom stereocenters. The summed E-state index contributed by atoms with van der Waals surface area (Å²) in [5.41, 5.74) is 2.22. The van der Waals surface area contributed by atoms with E-state index >= 15 is 0 Å². The van der Waals surface area contributed by atoms with Gasteiger partial charge in [-0.3, -0.25) is 0 Å². The van der Waals surface area contributed by atoms with Gasteiger partial charge in [-0.25, -0.2) is 0 Å². The molecule has 0 aliphatic heterocycles. The van der Waals surface area contributed by atoms with Crippen LogP contribution in [0.3, 0.4) is 0 Å². The van der Waals surface area contributed by atoms with Crippen LogP contribution in [0.5, 0.6) is 17.2 Å². The first-order valence-electron chi connectivity index (χ1n) is 6.25. The molecule has 20 heavy (non-hydrogen) atoms. The Morgan fingerprint density at radius 2 is 1.70 bits per heavy atom. The molecule has 106 valence electrons. The molecular weight excluding hydrogens is 320 g/mol. The first kappa shape index (κ1) is 14.7. The van der Waals surface area contributed by atoms with Gasteiger partial charge in [0.1, 0.15) is 12.4 Å². The Hall–Kier alpha value is -1.68. The van der Waals surface area contributed by atoms with Gasteiger partial charge >= 0.3 is 0 Å². The van der Waals surface area contributed by atoms with Gasteiger partial charge in [0.15, 0.2) is 11.5 Å². The lowest BCUT2D eigenvalue weighted by Crippen LogP contribution is -1.98. The second-order valence-electron chi connectivity index (χ2n) is 4.26. The smallest absolute Gasteiger partial charge is 0.161 e. The van der Waals surface area contributed by atoms with Crippen molar-refractivity contribution in [2.75, 3.05) is 14.2 Å². The molecule has 0 aromatic heterocycles. The fraction of sp³-hybridized carbons (Fsp3) is 0.250. The lowest BCUT2D eigenvalue weighted by Gasteiger charge is -2.11. The van der Waals surface area contributed by atoms with Crippen molar-refractivity contribution in [1.29, 1.82) is 0 Å². The van der Waals surface area contributed by atoms with Crippen molar-refractivity contribution in [1.82, 2.24) is 0 Å². The van der Waals surface area contributed by atoms with Crippen LogP contribution in [-0.4, -0.2) is 14.2 Å². The van der Waals surface area contributed by atoms with Gasteiger partial charge in [0.25, 0.3) is 0 Å². The summed E-state index contributed by atoms with van der Waals surface area (Å²) in [6.07, 6.45) is 0. The van der Waals surface area contributed by atoms with E-state index in [0.717, 1.165) is 22.4 Å². The quantitative estimate of drug-likeness (QED) is 0.740. The Balaban J connectivity index is 2.06. The maximum Gasteiger partial charge on any atom is 0.161 e. The minimum atomic E-state index is 0.492. The molecular formula is C16H17BrO3. The maximum absolute atomic E-state index is 5.79. The van der Waals surface area contributed by atoms with E-state index in [4.69, 9.17) is 14.2 Å². The Morgan fingerprint density at radius 3 is 2.40 bits per heavy atom. The van der Waals surface area contributed by atoms with Crippen LogP contribution in [-0.2, 0) is 11.9 Å². The van der Waals surface area contributed by atoms with Crippen molar-refractivity contribution >= 4 is 15.9 Å². The predicted molar refractivity (Wildman–Crippen MR) is 83.0 cm³/mol. The van der Waals surface area contributed by atoms with Gasteiger partial charge in [0.05, 0.1) is 14.2 Å². The van der Waals surface area contributed by atoms with Crippen LogP contribution >= 0.6 is 15.9 Å². The highest BCUT2D eigenvalue weighted by Gasteiger charge is 2.05. The van der Waals surface area contributed by atoms with Crippen LogP contribution < -0.4 is 14.2 Å². The Kier molecular flexibility index (Phi) is 5.30. The topological polar surface area (TPSA) is 27.7 Å². The van der Waals surface area contributed by atoms with E-state index in [1.807, 2.05) is 36.4 Å². The van der Waals surface area contributed by atoms with Gasteiger partial charge in [0, 0.05) is 5.33 Å². The van der Waals surface area contributed by atoms with E-state index in [1.54, 1.807) is 14.2 Å². The first-order chi connectivity index (χ1) is 9.76. The molecule has 0 bridgehead atoms. The van der Waals surface area contributed by atoms with Crippen LogP contribution in [0.15, 0.2) is 42.5 Å². The summed E-state index contributed by atoms with van der Waals surface area (Å²) < 4.78 is 16.3. The molecule has 0 radical (unpaired) electrons. The summed E-state index contributed by atoms with van der Waals surface area (Å²) in [5.74, 6) is 2.29. The first-order valence-corrected chi connectivity index (χ1v) is 7.37. The Morgan fingerprint density at radius 1 is 0.900 bits per heavy atom. The molecule has 0 spiro atoms. The highest BCUT2D eigenvalue weighted by atomic mass is 79.9. The van der Waals surface area contributed by atoms with Gasteiger partial charge in [-0.05, 0) is 35.4 Å². The predicted octanol–water partition coefficient (Wildman–Crippen LogP) is 4.18. The van der Waals surface area contributed by atoms with Crippen LogP contribution in [0.25, 0.3) is 0 Å². The molecule has 0 heterocycles. The highest BCUT2D eigenvalue weighted by molar-refractivity contribution is 9.08. The van der Waals surface area contributed by atoms with Crippen LogP contribution in [0, 0.1) is 0 Å². The third-order valence-corrected chi connectivity index (χ3v) is 3.55. The largest absolute Gasteiger partial charge is 0.493 e. The summed E-state index contributed by atoms with van der Waals surface area (Å²) in [6, 6.07) is 13.8. The number of methoxy groups -OCH3 is 2. The molecule has 2 aromatic rings. The Bertz CT molecular complexity index is 569. The van der Waals surface area contributed by atoms with Crippen molar-refractivity contribution in [3.05, 3.63) is 53.6 Å². The molecule has 0 amide bonds. The van der Waals surface area contributed by atoms with Crippen molar-refractivity contribution in [3.8, 4) is 17.2 Å². The van der Waals surface area contributed by atoms with Gasteiger partial charge < -0.3 is 14.2 Å². The summed E-state index contributed by atoms with van der Waals surface area (Å²) in [4.78, 5) is 0. The number of ether oxygens (including phenoxy) is 3. The fourth-order valence-electron chi connectivity index (χ4n) is 1.86. The molecule has 4 heteroatoms. The fourth-order valence-corrected chi connectivity index (χ4v) is 2.20. The zero-order valence-electron chi connectivity index (χ0n) is 11.6. The number of hydrogen-bond acceptors (Lipinski definition) is 3. The number of hydrogen-bond donors (Lipinski definition) is 0. The average Bonchev–Trinajstić information content (AvgIpc) is 2.52. The van der Waals surface area contributed by atoms with Crippen molar-refractivity contribution in [3.63, 3.8) is 0 Å². The molecule has 0 N–H and O–H groups in total. The van der Waals surface area contributed by atoms with Crippen molar-refractivity contribution in [2.45, 2.75) is 11.9 Å². The van der Waals surface area contributed by atoms with E-state index < -0.39 is 0 Å². The number of benzene rings is 2. The average molecular weight is 337 g/mol. The maximum atomic E-state index is 5.79. The summed E-state index contributed by atoms with van der Waals surface area (Å²) in [6.45, 7) is 0.492. The van der Waals surface area contributed by atoms with E-state index in [-0.39, 0.29) is 0 Å². The van der Waals surface area contributed by atoms with E-state index in [2.05, 4.69) is 22.0 Å². The monoisotopic (exact) mass is 336 g/mol. The van der Waals surface area contributed by atoms with E-state index in [0.29, 0.717) is 12.4 Å². The summed E-state index contributed by atoms with van der Waals surface area (Å²) >= 11 is 3.44. The van der Waals surface area contributed by atoms with Crippen molar-refractivity contribution < 1.29 is 14.2 Å². The van der Waals surface area contributed by atoms with E-state index in [1.165, 1.54) is 5.56 Å². The van der Waals surface area contributed by atoms with Gasteiger partial charge in [-0.2, -0.15) is 0 Å². The molecule has 0 saturated heterocycles. The SMILES string of the molecule is COc1ccc(COc2cccc(CBr)c2)cc1OC. The molecule has 0 fully saturated rings. The number of alkyl halides is 1.